The molecule has 1 aliphatic carbocycles. The summed E-state index contributed by atoms with van der Waals surface area (Å²) in [4.78, 5) is 20.6. The van der Waals surface area contributed by atoms with Crippen LogP contribution in [0.1, 0.15) is 48.0 Å². The van der Waals surface area contributed by atoms with Gasteiger partial charge in [-0.15, -0.1) is 0 Å². The van der Waals surface area contributed by atoms with Gasteiger partial charge in [0.15, 0.2) is 11.6 Å². The predicted octanol–water partition coefficient (Wildman–Crippen LogP) is 3.43. The molecule has 7 heteroatoms. The van der Waals surface area contributed by atoms with Gasteiger partial charge in [-0.2, -0.15) is 0 Å². The fourth-order valence-corrected chi connectivity index (χ4v) is 3.12. The van der Waals surface area contributed by atoms with Gasteiger partial charge in [-0.25, -0.2) is 9.97 Å². The van der Waals surface area contributed by atoms with E-state index < -0.39 is 0 Å². The van der Waals surface area contributed by atoms with Gasteiger partial charge in [0.2, 0.25) is 0 Å². The van der Waals surface area contributed by atoms with Gasteiger partial charge in [-0.05, 0) is 50.7 Å². The molecule has 0 saturated heterocycles. The number of nitrogens with zero attached hydrogens (tertiary/aromatic N) is 2. The lowest BCUT2D eigenvalue weighted by Gasteiger charge is -2.15. The predicted molar refractivity (Wildman–Crippen MR) is 108 cm³/mol. The number of hydrogen-bond acceptors (Lipinski definition) is 6. The minimum atomic E-state index is -0.246. The molecule has 7 nitrogen and oxygen atoms in total. The smallest absolute Gasteiger partial charge is 0.269 e. The molecule has 0 atom stereocenters. The lowest BCUT2D eigenvalue weighted by atomic mass is 9.97. The van der Waals surface area contributed by atoms with Crippen molar-refractivity contribution in [1.29, 1.82) is 0 Å². The summed E-state index contributed by atoms with van der Waals surface area (Å²) in [6.45, 7) is 2.65. The van der Waals surface area contributed by atoms with E-state index in [0.29, 0.717) is 22.9 Å². The number of nitrogens with two attached hydrogens (primary N) is 1. The molecule has 3 rings (SSSR count). The summed E-state index contributed by atoms with van der Waals surface area (Å²) in [6.07, 6.45) is 9.66. The van der Waals surface area contributed by atoms with Crippen molar-refractivity contribution in [2.45, 2.75) is 39.0 Å². The molecule has 0 spiro atoms. The zero-order chi connectivity index (χ0) is 19.1. The Bertz CT molecular complexity index is 833. The molecule has 0 bridgehead atoms. The van der Waals surface area contributed by atoms with Crippen LogP contribution in [0.15, 0.2) is 42.2 Å². The number of nitrogen functional groups attached to an aromatic ring is 1. The van der Waals surface area contributed by atoms with E-state index in [2.05, 4.69) is 32.2 Å². The first kappa shape index (κ1) is 18.7. The molecular weight excluding hydrogens is 340 g/mol. The molecule has 0 aliphatic heterocycles. The summed E-state index contributed by atoms with van der Waals surface area (Å²) in [6, 6.07) is 7.37. The van der Waals surface area contributed by atoms with Crippen LogP contribution >= 0.6 is 0 Å². The maximum Gasteiger partial charge on any atom is 0.269 e. The van der Waals surface area contributed by atoms with E-state index in [1.807, 2.05) is 25.1 Å². The van der Waals surface area contributed by atoms with E-state index in [4.69, 9.17) is 5.73 Å². The zero-order valence-corrected chi connectivity index (χ0v) is 15.6. The van der Waals surface area contributed by atoms with Crippen molar-refractivity contribution < 1.29 is 4.79 Å². The van der Waals surface area contributed by atoms with Crippen LogP contribution in [0.2, 0.25) is 0 Å². The van der Waals surface area contributed by atoms with Gasteiger partial charge < -0.3 is 11.1 Å². The van der Waals surface area contributed by atoms with Crippen LogP contribution in [0.4, 0.5) is 17.3 Å². The van der Waals surface area contributed by atoms with Crippen molar-refractivity contribution in [2.24, 2.45) is 0 Å². The molecule has 2 aromatic rings. The van der Waals surface area contributed by atoms with Crippen molar-refractivity contribution in [1.82, 2.24) is 15.4 Å². The molecule has 0 fully saturated rings. The summed E-state index contributed by atoms with van der Waals surface area (Å²) in [5, 5.41) is 3.26. The van der Waals surface area contributed by atoms with E-state index in [9.17, 15) is 4.79 Å². The van der Waals surface area contributed by atoms with Crippen molar-refractivity contribution in [3.8, 4) is 0 Å². The van der Waals surface area contributed by atoms with E-state index in [1.54, 1.807) is 6.07 Å². The zero-order valence-electron chi connectivity index (χ0n) is 15.6. The van der Waals surface area contributed by atoms with Crippen LogP contribution in [-0.2, 0) is 0 Å². The molecule has 1 aliphatic rings. The Kier molecular flexibility index (Phi) is 6.25. The third kappa shape index (κ3) is 4.97. The standard InChI is InChI=1S/C20H26N6O/c1-14-7-5-6-10-16(14)20(27)26-25-19-17(21)18(23-13-24-19)22-12-11-15-8-3-2-4-9-15/h5-8,10,13H,2-4,9,11-12,21H2,1H3,(H,26,27)(H2,22,23,24,25). The molecule has 1 heterocycles. The minimum Gasteiger partial charge on any atom is -0.393 e. The topological polar surface area (TPSA) is 105 Å². The average Bonchev–Trinajstić information content (AvgIpc) is 2.69. The highest BCUT2D eigenvalue weighted by Gasteiger charge is 2.11. The molecule has 27 heavy (non-hydrogen) atoms. The van der Waals surface area contributed by atoms with Gasteiger partial charge in [-0.3, -0.25) is 15.6 Å². The number of carbonyl (C=O) groups excluding carboxylic acids is 1. The van der Waals surface area contributed by atoms with Gasteiger partial charge in [0.1, 0.15) is 12.0 Å². The van der Waals surface area contributed by atoms with Gasteiger partial charge in [0, 0.05) is 12.1 Å². The molecule has 142 valence electrons. The Morgan fingerprint density at radius 2 is 2.00 bits per heavy atom. The van der Waals surface area contributed by atoms with Crippen LogP contribution in [0, 0.1) is 6.92 Å². The molecule has 0 unspecified atom stereocenters. The number of amides is 1. The first-order valence-electron chi connectivity index (χ1n) is 9.29. The second-order valence-corrected chi connectivity index (χ2v) is 6.66. The SMILES string of the molecule is Cc1ccccc1C(=O)NNc1ncnc(NCCC2=CCCCC2)c1N. The highest BCUT2D eigenvalue weighted by Crippen LogP contribution is 2.23. The number of benzene rings is 1. The quantitative estimate of drug-likeness (QED) is 0.442. The third-order valence-corrected chi connectivity index (χ3v) is 4.69. The Balaban J connectivity index is 1.57. The summed E-state index contributed by atoms with van der Waals surface area (Å²) in [5.41, 5.74) is 14.9. The fourth-order valence-electron chi connectivity index (χ4n) is 3.12. The lowest BCUT2D eigenvalue weighted by Crippen LogP contribution is -2.31. The Hall–Kier alpha value is -3.09. The largest absolute Gasteiger partial charge is 0.393 e. The second-order valence-electron chi connectivity index (χ2n) is 6.66. The van der Waals surface area contributed by atoms with Crippen molar-refractivity contribution >= 4 is 23.2 Å². The average molecular weight is 366 g/mol. The van der Waals surface area contributed by atoms with Crippen LogP contribution in [0.25, 0.3) is 0 Å². The van der Waals surface area contributed by atoms with E-state index in [1.165, 1.54) is 37.6 Å². The van der Waals surface area contributed by atoms with Crippen molar-refractivity contribution in [3.63, 3.8) is 0 Å². The van der Waals surface area contributed by atoms with E-state index in [-0.39, 0.29) is 5.91 Å². The van der Waals surface area contributed by atoms with Crippen molar-refractivity contribution in [2.75, 3.05) is 23.0 Å². The minimum absolute atomic E-state index is 0.246. The first-order chi connectivity index (χ1) is 13.1. The number of rotatable bonds is 7. The number of hydrazine groups is 1. The summed E-state index contributed by atoms with van der Waals surface area (Å²) in [7, 11) is 0. The van der Waals surface area contributed by atoms with Crippen LogP contribution < -0.4 is 21.9 Å². The molecule has 1 amide bonds. The number of allylic oxidation sites excluding steroid dienone is 1. The summed E-state index contributed by atoms with van der Waals surface area (Å²) in [5.74, 6) is 0.685. The molecule has 0 saturated carbocycles. The number of carbonyl (C=O) groups is 1. The second kappa shape index (κ2) is 9.02. The Labute approximate surface area is 159 Å². The number of anilines is 3. The van der Waals surface area contributed by atoms with E-state index >= 15 is 0 Å². The highest BCUT2D eigenvalue weighted by molar-refractivity contribution is 5.96. The van der Waals surface area contributed by atoms with Crippen LogP contribution in [0.5, 0.6) is 0 Å². The fraction of sp³-hybridized carbons (Fsp3) is 0.350. The number of aryl methyl sites for hydroxylation is 1. The summed E-state index contributed by atoms with van der Waals surface area (Å²) >= 11 is 0. The molecule has 5 N–H and O–H groups in total. The van der Waals surface area contributed by atoms with Gasteiger partial charge in [0.25, 0.3) is 5.91 Å². The highest BCUT2D eigenvalue weighted by atomic mass is 16.2. The van der Waals surface area contributed by atoms with Crippen LogP contribution in [-0.4, -0.2) is 22.4 Å². The molecule has 1 aromatic heterocycles. The van der Waals surface area contributed by atoms with Crippen LogP contribution in [0.3, 0.4) is 0 Å². The normalized spacial score (nSPS) is 13.6. The Morgan fingerprint density at radius 3 is 2.78 bits per heavy atom. The van der Waals surface area contributed by atoms with E-state index in [0.717, 1.165) is 18.5 Å². The first-order valence-corrected chi connectivity index (χ1v) is 9.29. The maximum absolute atomic E-state index is 12.3. The monoisotopic (exact) mass is 366 g/mol. The third-order valence-electron chi connectivity index (χ3n) is 4.69. The number of aromatic nitrogens is 2. The molecular formula is C20H26N6O. The van der Waals surface area contributed by atoms with Gasteiger partial charge in [-0.1, -0.05) is 29.8 Å². The maximum atomic E-state index is 12.3. The molecule has 0 radical (unpaired) electrons. The van der Waals surface area contributed by atoms with Gasteiger partial charge >= 0.3 is 0 Å². The number of nitrogens with one attached hydrogen (secondary N) is 3. The van der Waals surface area contributed by atoms with Gasteiger partial charge in [0.05, 0.1) is 0 Å². The van der Waals surface area contributed by atoms with Crippen molar-refractivity contribution in [3.05, 3.63) is 53.4 Å². The summed E-state index contributed by atoms with van der Waals surface area (Å²) < 4.78 is 0. The Morgan fingerprint density at radius 1 is 1.19 bits per heavy atom. The number of hydrogen-bond donors (Lipinski definition) is 4. The lowest BCUT2D eigenvalue weighted by molar-refractivity contribution is 0.0962. The molecule has 1 aromatic carbocycles.